The summed E-state index contributed by atoms with van der Waals surface area (Å²) in [5.41, 5.74) is 3.04. The second kappa shape index (κ2) is 8.39. The first-order valence-corrected chi connectivity index (χ1v) is 9.59. The summed E-state index contributed by atoms with van der Waals surface area (Å²) in [5.74, 6) is 0. The SMILES string of the molecule is O=Cc1cccc[n+]1Cc1cccc2cc3cccc[n+]3cc12.[O-][Cl+](O)(O)O. The maximum absolute atomic E-state index is 11.2. The summed E-state index contributed by atoms with van der Waals surface area (Å²) in [6, 6.07) is 20.3. The van der Waals surface area contributed by atoms with Crippen molar-refractivity contribution < 1.29 is 42.6 Å². The predicted molar refractivity (Wildman–Crippen MR) is 94.9 cm³/mol. The molecule has 4 rings (SSSR count). The number of hydrogen-bond acceptors (Lipinski definition) is 5. The van der Waals surface area contributed by atoms with Gasteiger partial charge in [-0.2, -0.15) is 8.97 Å². The van der Waals surface area contributed by atoms with E-state index in [1.165, 1.54) is 16.3 Å². The van der Waals surface area contributed by atoms with Gasteiger partial charge in [-0.15, -0.1) is 0 Å². The van der Waals surface area contributed by atoms with Crippen molar-refractivity contribution in [3.8, 4) is 0 Å². The summed E-state index contributed by atoms with van der Waals surface area (Å²) < 4.78 is 34.3. The van der Waals surface area contributed by atoms with Gasteiger partial charge in [0.15, 0.2) is 25.1 Å². The van der Waals surface area contributed by atoms with E-state index in [9.17, 15) is 4.79 Å². The number of hydrogen-bond donors (Lipinski definition) is 3. The van der Waals surface area contributed by atoms with E-state index in [1.807, 2.05) is 41.1 Å². The maximum atomic E-state index is 11.2. The summed E-state index contributed by atoms with van der Waals surface area (Å²) in [5, 5.41) is 2.40. The first-order chi connectivity index (χ1) is 13.3. The van der Waals surface area contributed by atoms with Crippen LogP contribution in [0.4, 0.5) is 0 Å². The van der Waals surface area contributed by atoms with Crippen LogP contribution in [0.2, 0.25) is 0 Å². The molecule has 0 saturated heterocycles. The van der Waals surface area contributed by atoms with Crippen molar-refractivity contribution in [1.29, 1.82) is 0 Å². The third-order valence-electron chi connectivity index (χ3n) is 4.16. The molecule has 3 N–H and O–H groups in total. The summed E-state index contributed by atoms with van der Waals surface area (Å²) in [6.07, 6.45) is 7.05. The fourth-order valence-corrected chi connectivity index (χ4v) is 2.99. The van der Waals surface area contributed by atoms with E-state index in [1.54, 1.807) is 0 Å². The number of nitrogens with zero attached hydrogens (tertiary/aromatic N) is 2. The number of halogens is 1. The Bertz CT molecular complexity index is 1120. The van der Waals surface area contributed by atoms with Gasteiger partial charge < -0.3 is 0 Å². The summed E-state index contributed by atoms with van der Waals surface area (Å²) in [6.45, 7) is 0.672. The van der Waals surface area contributed by atoms with Gasteiger partial charge in [-0.25, -0.2) is 0 Å². The Morgan fingerprint density at radius 3 is 2.43 bits per heavy atom. The zero-order valence-corrected chi connectivity index (χ0v) is 15.5. The zero-order valence-electron chi connectivity index (χ0n) is 14.7. The number of aromatic nitrogens is 2. The Balaban J connectivity index is 0.000000403. The molecule has 1 aromatic carbocycles. The number of aldehydes is 1. The monoisotopic (exact) mass is 402 g/mol. The Morgan fingerprint density at radius 1 is 0.964 bits per heavy atom. The van der Waals surface area contributed by atoms with Crippen molar-refractivity contribution in [2.75, 3.05) is 0 Å². The molecule has 0 atom stereocenters. The Labute approximate surface area is 162 Å². The molecule has 3 heterocycles. The molecule has 0 aliphatic carbocycles. The van der Waals surface area contributed by atoms with E-state index in [0.717, 1.165) is 11.8 Å². The van der Waals surface area contributed by atoms with Crippen molar-refractivity contribution in [2.24, 2.45) is 0 Å². The molecule has 28 heavy (non-hydrogen) atoms. The molecule has 0 saturated carbocycles. The molecule has 7 nitrogen and oxygen atoms in total. The average Bonchev–Trinajstić information content (AvgIpc) is 2.66. The second-order valence-electron chi connectivity index (χ2n) is 6.03. The van der Waals surface area contributed by atoms with E-state index < -0.39 is 10.2 Å². The van der Waals surface area contributed by atoms with Gasteiger partial charge in [0, 0.05) is 35.9 Å². The first-order valence-electron chi connectivity index (χ1n) is 8.26. The fourth-order valence-electron chi connectivity index (χ4n) is 2.99. The number of rotatable bonds is 3. The molecule has 4 aromatic rings. The van der Waals surface area contributed by atoms with E-state index in [-0.39, 0.29) is 0 Å². The molecule has 3 aromatic heterocycles. The molecule has 0 bridgehead atoms. The third kappa shape index (κ3) is 5.07. The first kappa shape index (κ1) is 19.8. The van der Waals surface area contributed by atoms with Crippen LogP contribution in [0, 0.1) is 10.2 Å². The van der Waals surface area contributed by atoms with Crippen LogP contribution in [0.3, 0.4) is 0 Å². The van der Waals surface area contributed by atoms with Crippen molar-refractivity contribution in [3.63, 3.8) is 0 Å². The normalized spacial score (nSPS) is 11.7. The van der Waals surface area contributed by atoms with E-state index in [2.05, 4.69) is 47.1 Å². The average molecular weight is 403 g/mol. The number of fused-ring (bicyclic) bond motifs is 2. The second-order valence-corrected chi connectivity index (χ2v) is 6.90. The molecule has 144 valence electrons. The molecule has 0 spiro atoms. The van der Waals surface area contributed by atoms with Gasteiger partial charge in [-0.1, -0.05) is 18.2 Å². The van der Waals surface area contributed by atoms with Crippen LogP contribution in [0.1, 0.15) is 16.1 Å². The Morgan fingerprint density at radius 2 is 1.68 bits per heavy atom. The molecule has 0 amide bonds. The molecule has 0 radical (unpaired) electrons. The minimum atomic E-state index is -4.19. The van der Waals surface area contributed by atoms with E-state index in [0.29, 0.717) is 12.2 Å². The molecule has 0 aliphatic rings. The number of carbonyl (C=O) groups excluding carboxylic acids is 1. The van der Waals surface area contributed by atoms with Gasteiger partial charge in [0.05, 0.1) is 5.39 Å². The van der Waals surface area contributed by atoms with Crippen LogP contribution in [-0.4, -0.2) is 20.3 Å². The van der Waals surface area contributed by atoms with Crippen molar-refractivity contribution in [3.05, 3.63) is 90.5 Å². The Hall–Kier alpha value is -2.94. The fraction of sp³-hybridized carbons (Fsp3) is 0.0500. The third-order valence-corrected chi connectivity index (χ3v) is 4.16. The van der Waals surface area contributed by atoms with Crippen LogP contribution in [0.5, 0.6) is 0 Å². The van der Waals surface area contributed by atoms with Gasteiger partial charge in [-0.3, -0.25) is 4.79 Å². The standard InChI is InChI=1S/C20H16N2O.ClH3O4/c23-15-19-9-2-4-10-21(19)13-17-7-5-6-16-12-18-8-1-3-11-22(18)14-20(16)17;2-1(3,4)5/h1-12,14-15H,13H2;2-4H/q+2;. The molecular weight excluding hydrogens is 384 g/mol. The van der Waals surface area contributed by atoms with Gasteiger partial charge in [0.2, 0.25) is 17.5 Å². The van der Waals surface area contributed by atoms with Crippen LogP contribution in [-0.2, 0) is 6.54 Å². The molecular formula is C20H19ClN2O5+2. The summed E-state index contributed by atoms with van der Waals surface area (Å²) >= 11 is 0. The van der Waals surface area contributed by atoms with Crippen LogP contribution in [0.25, 0.3) is 16.3 Å². The number of benzene rings is 1. The number of pyridine rings is 3. The van der Waals surface area contributed by atoms with Gasteiger partial charge >= 0.3 is 28.9 Å². The van der Waals surface area contributed by atoms with Crippen LogP contribution in [0.15, 0.2) is 79.3 Å². The van der Waals surface area contributed by atoms with Crippen molar-refractivity contribution >= 4 is 22.6 Å². The van der Waals surface area contributed by atoms with Gasteiger partial charge in [0.1, 0.15) is 0 Å². The predicted octanol–water partition coefficient (Wildman–Crippen LogP) is -0.133. The minimum absolute atomic E-state index is 0.672. The topological polar surface area (TPSA) is 109 Å². The molecule has 8 heteroatoms. The van der Waals surface area contributed by atoms with Crippen LogP contribution >= 0.6 is 0 Å². The molecule has 0 unspecified atom stereocenters. The van der Waals surface area contributed by atoms with E-state index in [4.69, 9.17) is 18.6 Å². The van der Waals surface area contributed by atoms with Gasteiger partial charge in [-0.05, 0) is 17.5 Å². The zero-order chi connectivity index (χ0) is 20.1. The van der Waals surface area contributed by atoms with Gasteiger partial charge in [0.25, 0.3) is 0 Å². The number of carbonyl (C=O) groups is 1. The quantitative estimate of drug-likeness (QED) is 0.251. The Kier molecular flexibility index (Phi) is 5.93. The van der Waals surface area contributed by atoms with E-state index >= 15 is 0 Å². The molecule has 0 aliphatic heterocycles. The van der Waals surface area contributed by atoms with Crippen molar-refractivity contribution in [2.45, 2.75) is 6.54 Å². The van der Waals surface area contributed by atoms with Crippen LogP contribution < -0.4 is 13.6 Å². The summed E-state index contributed by atoms with van der Waals surface area (Å²) in [7, 11) is -4.19. The summed E-state index contributed by atoms with van der Waals surface area (Å²) in [4.78, 5) is 11.2. The van der Waals surface area contributed by atoms with Crippen molar-refractivity contribution in [1.82, 2.24) is 0 Å². The molecule has 0 fully saturated rings.